The summed E-state index contributed by atoms with van der Waals surface area (Å²) in [7, 11) is 6.18. The van der Waals surface area contributed by atoms with Gasteiger partial charge in [-0.15, -0.1) is 11.3 Å². The molecule has 0 saturated heterocycles. The number of hydrogen-bond acceptors (Lipinski definition) is 8. The fourth-order valence-corrected chi connectivity index (χ4v) is 5.59. The third-order valence-corrected chi connectivity index (χ3v) is 7.60. The fourth-order valence-electron chi connectivity index (χ4n) is 4.47. The van der Waals surface area contributed by atoms with Gasteiger partial charge in [0, 0.05) is 55.2 Å². The van der Waals surface area contributed by atoms with Gasteiger partial charge in [0.05, 0.1) is 22.1 Å². The first kappa shape index (κ1) is 29.7. The molecule has 1 aliphatic rings. The predicted octanol–water partition coefficient (Wildman–Crippen LogP) is 5.93. The van der Waals surface area contributed by atoms with Gasteiger partial charge < -0.3 is 24.6 Å². The first-order valence-corrected chi connectivity index (χ1v) is 14.2. The standard InChI is InChI=1S/C28H43N5O4S/c1-18(2)36-27(34)30-21-10-8-20(9-11-21)26-29-17-25(38-26)23-13-12-22(31-28(35)37-19(3)4)16-24(23)33(7)15-14-32(5)6/h12-13,16-21H,8-11,14-15H2,1-7H3,(H,30,34)(H,31,35)/t20-,21-. The number of alkyl carbamates (subject to hydrolysis) is 1. The minimum atomic E-state index is -0.461. The maximum absolute atomic E-state index is 12.2. The number of nitrogens with one attached hydrogen (secondary N) is 2. The van der Waals surface area contributed by atoms with Gasteiger partial charge in [0.15, 0.2) is 0 Å². The Labute approximate surface area is 230 Å². The molecule has 38 heavy (non-hydrogen) atoms. The van der Waals surface area contributed by atoms with Gasteiger partial charge in [0.25, 0.3) is 0 Å². The second-order valence-electron chi connectivity index (χ2n) is 10.7. The summed E-state index contributed by atoms with van der Waals surface area (Å²) in [5.41, 5.74) is 2.81. The zero-order chi connectivity index (χ0) is 27.8. The Morgan fingerprint density at radius 3 is 2.29 bits per heavy atom. The number of likely N-dealkylation sites (N-methyl/N-ethyl adjacent to an activating group) is 2. The number of anilines is 2. The maximum atomic E-state index is 12.2. The quantitative estimate of drug-likeness (QED) is 0.382. The summed E-state index contributed by atoms with van der Waals surface area (Å²) >= 11 is 1.73. The highest BCUT2D eigenvalue weighted by Crippen LogP contribution is 2.41. The first-order valence-electron chi connectivity index (χ1n) is 13.4. The predicted molar refractivity (Wildman–Crippen MR) is 154 cm³/mol. The van der Waals surface area contributed by atoms with E-state index in [9.17, 15) is 9.59 Å². The number of thiazole rings is 1. The van der Waals surface area contributed by atoms with Crippen molar-refractivity contribution in [1.29, 1.82) is 0 Å². The molecular formula is C28H43N5O4S. The lowest BCUT2D eigenvalue weighted by Crippen LogP contribution is -2.38. The minimum Gasteiger partial charge on any atom is -0.447 e. The number of carbonyl (C=O) groups excluding carboxylic acids is 2. The Hall–Kier alpha value is -2.85. The maximum Gasteiger partial charge on any atom is 0.411 e. The SMILES string of the molecule is CC(C)OC(=O)Nc1ccc(-c2cnc([C@H]3CC[C@H](NC(=O)OC(C)C)CC3)s2)c(N(C)CCN(C)C)c1. The van der Waals surface area contributed by atoms with Crippen molar-refractivity contribution in [2.75, 3.05) is 44.4 Å². The number of aromatic nitrogens is 1. The van der Waals surface area contributed by atoms with E-state index in [4.69, 9.17) is 14.5 Å². The molecule has 1 heterocycles. The van der Waals surface area contributed by atoms with Crippen LogP contribution in [-0.4, -0.2) is 74.6 Å². The van der Waals surface area contributed by atoms with Crippen LogP contribution in [0, 0.1) is 0 Å². The van der Waals surface area contributed by atoms with Crippen molar-refractivity contribution in [2.24, 2.45) is 0 Å². The third kappa shape index (κ3) is 8.87. The topological polar surface area (TPSA) is 96.0 Å². The number of carbonyl (C=O) groups is 2. The monoisotopic (exact) mass is 545 g/mol. The molecule has 0 bridgehead atoms. The van der Waals surface area contributed by atoms with E-state index in [1.165, 1.54) is 0 Å². The van der Waals surface area contributed by atoms with Gasteiger partial charge in [-0.1, -0.05) is 0 Å². The Bertz CT molecular complexity index is 1060. The summed E-state index contributed by atoms with van der Waals surface area (Å²) in [5.74, 6) is 0.384. The number of ether oxygens (including phenoxy) is 2. The van der Waals surface area contributed by atoms with Crippen LogP contribution < -0.4 is 15.5 Å². The number of benzene rings is 1. The average molecular weight is 546 g/mol. The summed E-state index contributed by atoms with van der Waals surface area (Å²) in [6.45, 7) is 9.10. The molecule has 0 unspecified atom stereocenters. The van der Waals surface area contributed by atoms with Crippen LogP contribution in [0.1, 0.15) is 64.3 Å². The van der Waals surface area contributed by atoms with Crippen molar-refractivity contribution >= 4 is 34.9 Å². The Balaban J connectivity index is 1.74. The number of amides is 2. The highest BCUT2D eigenvalue weighted by Gasteiger charge is 2.26. The van der Waals surface area contributed by atoms with E-state index in [0.29, 0.717) is 11.6 Å². The van der Waals surface area contributed by atoms with Crippen LogP contribution in [0.4, 0.5) is 21.0 Å². The summed E-state index contributed by atoms with van der Waals surface area (Å²) in [5, 5.41) is 6.98. The van der Waals surface area contributed by atoms with E-state index in [1.54, 1.807) is 11.3 Å². The van der Waals surface area contributed by atoms with E-state index < -0.39 is 6.09 Å². The van der Waals surface area contributed by atoms with E-state index in [-0.39, 0.29) is 24.3 Å². The number of rotatable bonds is 10. The van der Waals surface area contributed by atoms with Crippen molar-refractivity contribution < 1.29 is 19.1 Å². The van der Waals surface area contributed by atoms with Gasteiger partial charge in [-0.25, -0.2) is 14.6 Å². The van der Waals surface area contributed by atoms with Crippen molar-refractivity contribution in [2.45, 2.75) is 77.5 Å². The van der Waals surface area contributed by atoms with Crippen LogP contribution in [0.25, 0.3) is 10.4 Å². The minimum absolute atomic E-state index is 0.120. The van der Waals surface area contributed by atoms with Crippen molar-refractivity contribution in [3.8, 4) is 10.4 Å². The highest BCUT2D eigenvalue weighted by molar-refractivity contribution is 7.15. The molecule has 1 saturated carbocycles. The third-order valence-electron chi connectivity index (χ3n) is 6.41. The van der Waals surface area contributed by atoms with Gasteiger partial charge >= 0.3 is 12.2 Å². The normalized spacial score (nSPS) is 17.5. The van der Waals surface area contributed by atoms with Gasteiger partial charge in [0.2, 0.25) is 0 Å². The molecule has 0 aliphatic heterocycles. The lowest BCUT2D eigenvalue weighted by molar-refractivity contribution is 0.109. The second-order valence-corrected chi connectivity index (χ2v) is 11.8. The summed E-state index contributed by atoms with van der Waals surface area (Å²) in [4.78, 5) is 34.4. The van der Waals surface area contributed by atoms with E-state index in [2.05, 4.69) is 41.6 Å². The van der Waals surface area contributed by atoms with Crippen molar-refractivity contribution in [3.05, 3.63) is 29.4 Å². The van der Waals surface area contributed by atoms with Crippen LogP contribution in [0.3, 0.4) is 0 Å². The first-order chi connectivity index (χ1) is 18.0. The lowest BCUT2D eigenvalue weighted by Gasteiger charge is -2.28. The molecule has 2 N–H and O–H groups in total. The number of nitrogens with zero attached hydrogens (tertiary/aromatic N) is 3. The average Bonchev–Trinajstić information content (AvgIpc) is 3.32. The molecule has 3 rings (SSSR count). The van der Waals surface area contributed by atoms with Crippen LogP contribution in [0.15, 0.2) is 24.4 Å². The zero-order valence-corrected chi connectivity index (χ0v) is 24.6. The number of hydrogen-bond donors (Lipinski definition) is 2. The summed E-state index contributed by atoms with van der Waals surface area (Å²) in [6.07, 6.45) is 4.65. The lowest BCUT2D eigenvalue weighted by atomic mass is 9.86. The molecule has 0 spiro atoms. The molecule has 1 fully saturated rings. The summed E-state index contributed by atoms with van der Waals surface area (Å²) < 4.78 is 10.5. The molecule has 1 aromatic heterocycles. The van der Waals surface area contributed by atoms with Gasteiger partial charge in [-0.05, 0) is 85.7 Å². The van der Waals surface area contributed by atoms with Crippen LogP contribution >= 0.6 is 11.3 Å². The molecule has 1 aliphatic carbocycles. The van der Waals surface area contributed by atoms with Gasteiger partial charge in [0.1, 0.15) is 0 Å². The Morgan fingerprint density at radius 1 is 1.00 bits per heavy atom. The van der Waals surface area contributed by atoms with Gasteiger partial charge in [-0.3, -0.25) is 5.32 Å². The van der Waals surface area contributed by atoms with Crippen molar-refractivity contribution in [1.82, 2.24) is 15.2 Å². The van der Waals surface area contributed by atoms with Crippen LogP contribution in [0.5, 0.6) is 0 Å². The molecule has 2 amide bonds. The van der Waals surface area contributed by atoms with Gasteiger partial charge in [-0.2, -0.15) is 0 Å². The molecular weight excluding hydrogens is 502 g/mol. The highest BCUT2D eigenvalue weighted by atomic mass is 32.1. The molecule has 0 atom stereocenters. The van der Waals surface area contributed by atoms with E-state index in [0.717, 1.165) is 59.9 Å². The largest absolute Gasteiger partial charge is 0.447 e. The molecule has 2 aromatic rings. The van der Waals surface area contributed by atoms with E-state index >= 15 is 0 Å². The zero-order valence-electron chi connectivity index (χ0n) is 23.7. The Morgan fingerprint density at radius 2 is 1.66 bits per heavy atom. The molecule has 1 aromatic carbocycles. The summed E-state index contributed by atoms with van der Waals surface area (Å²) in [6, 6.07) is 6.10. The smallest absolute Gasteiger partial charge is 0.411 e. The van der Waals surface area contributed by atoms with E-state index in [1.807, 2.05) is 52.1 Å². The Kier molecular flexibility index (Phi) is 10.8. The molecule has 10 heteroatoms. The van der Waals surface area contributed by atoms with Crippen LogP contribution in [-0.2, 0) is 9.47 Å². The van der Waals surface area contributed by atoms with Crippen molar-refractivity contribution in [3.63, 3.8) is 0 Å². The molecule has 9 nitrogen and oxygen atoms in total. The second kappa shape index (κ2) is 13.8. The molecule has 210 valence electrons. The molecule has 0 radical (unpaired) electrons. The van der Waals surface area contributed by atoms with Crippen LogP contribution in [0.2, 0.25) is 0 Å². The fraction of sp³-hybridized carbons (Fsp3) is 0.607.